The van der Waals surface area contributed by atoms with E-state index in [2.05, 4.69) is 35.3 Å². The number of hydrogen-bond acceptors (Lipinski definition) is 13. The third-order valence-corrected chi connectivity index (χ3v) is 13.1. The minimum absolute atomic E-state index is 0.0205. The maximum atomic E-state index is 15.3. The van der Waals surface area contributed by atoms with Crippen LogP contribution in [0.2, 0.25) is 0 Å². The van der Waals surface area contributed by atoms with Gasteiger partial charge in [0.2, 0.25) is 23.6 Å². The van der Waals surface area contributed by atoms with Gasteiger partial charge in [-0.25, -0.2) is 24.1 Å². The Kier molecular flexibility index (Phi) is 12.3. The van der Waals surface area contributed by atoms with Crippen LogP contribution in [-0.4, -0.2) is 120 Å². The molecular weight excluding hydrogens is 832 g/mol. The summed E-state index contributed by atoms with van der Waals surface area (Å²) in [6.45, 7) is 14.9. The average molecular weight is 889 g/mol. The topological polar surface area (TPSA) is 166 Å². The number of amides is 4. The lowest BCUT2D eigenvalue weighted by Crippen LogP contribution is -2.49. The van der Waals surface area contributed by atoms with E-state index in [1.54, 1.807) is 17.2 Å². The summed E-state index contributed by atoms with van der Waals surface area (Å²) in [5.74, 6) is -0.115. The van der Waals surface area contributed by atoms with Gasteiger partial charge in [-0.3, -0.25) is 29.5 Å². The molecule has 2 N–H and O–H groups in total. The molecule has 4 aromatic rings. The Morgan fingerprint density at radius 2 is 1.66 bits per heavy atom. The zero-order valence-electron chi connectivity index (χ0n) is 37.6. The normalized spacial score (nSPS) is 19.6. The van der Waals surface area contributed by atoms with Gasteiger partial charge in [0, 0.05) is 81.8 Å². The quantitative estimate of drug-likeness (QED) is 0.200. The Morgan fingerprint density at radius 3 is 2.38 bits per heavy atom. The molecule has 1 atom stereocenters. The van der Waals surface area contributed by atoms with Crippen molar-refractivity contribution in [3.8, 4) is 5.88 Å². The van der Waals surface area contributed by atoms with Crippen LogP contribution >= 0.6 is 0 Å². The molecule has 0 radical (unpaired) electrons. The summed E-state index contributed by atoms with van der Waals surface area (Å²) in [7, 11) is 0. The first-order valence-corrected chi connectivity index (χ1v) is 22.8. The molecule has 7 heterocycles. The molecule has 2 aromatic carbocycles. The van der Waals surface area contributed by atoms with E-state index >= 15 is 4.39 Å². The fourth-order valence-electron chi connectivity index (χ4n) is 9.59. The van der Waals surface area contributed by atoms with Crippen LogP contribution in [0.3, 0.4) is 0 Å². The molecular formula is C48H57FN10O6. The Labute approximate surface area is 378 Å². The second-order valence-electron chi connectivity index (χ2n) is 18.7. The summed E-state index contributed by atoms with van der Waals surface area (Å²) in [6.07, 6.45) is 6.50. The monoisotopic (exact) mass is 888 g/mol. The molecule has 2 aromatic heterocycles. The van der Waals surface area contributed by atoms with Gasteiger partial charge in [-0.1, -0.05) is 6.07 Å². The second-order valence-corrected chi connectivity index (χ2v) is 18.7. The van der Waals surface area contributed by atoms with Gasteiger partial charge in [-0.15, -0.1) is 0 Å². The van der Waals surface area contributed by atoms with E-state index in [-0.39, 0.29) is 30.0 Å². The number of benzene rings is 2. The number of halogens is 1. The fraction of sp³-hybridized carbons (Fsp3) is 0.479. The number of aromatic nitrogens is 3. The third-order valence-electron chi connectivity index (χ3n) is 13.1. The number of nitrogens with zero attached hydrogens (tertiary/aromatic N) is 8. The number of imide groups is 1. The Hall–Kier alpha value is -6.36. The molecule has 0 bridgehead atoms. The van der Waals surface area contributed by atoms with E-state index in [0.717, 1.165) is 73.6 Å². The van der Waals surface area contributed by atoms with Gasteiger partial charge in [-0.05, 0) is 107 Å². The van der Waals surface area contributed by atoms with Gasteiger partial charge in [-0.2, -0.15) is 0 Å². The molecule has 1 unspecified atom stereocenters. The second kappa shape index (κ2) is 18.3. The van der Waals surface area contributed by atoms with Crippen molar-refractivity contribution < 1.29 is 33.0 Å². The number of nitrogens with one attached hydrogen (secondary N) is 2. The number of likely N-dealkylation sites (tertiary alicyclic amines) is 1. The number of carbonyl (C=O) groups is 4. The zero-order chi connectivity index (χ0) is 45.4. The van der Waals surface area contributed by atoms with Gasteiger partial charge in [0.25, 0.3) is 5.91 Å². The van der Waals surface area contributed by atoms with Crippen molar-refractivity contribution in [1.29, 1.82) is 0 Å². The Morgan fingerprint density at radius 1 is 0.892 bits per heavy atom. The number of piperazine rings is 1. The number of fused-ring (bicyclic) bond motifs is 2. The number of hydrogen-bond donors (Lipinski definition) is 2. The number of anilines is 5. The molecule has 3 saturated heterocycles. The largest absolute Gasteiger partial charge is 0.474 e. The van der Waals surface area contributed by atoms with E-state index in [1.165, 1.54) is 6.07 Å². The summed E-state index contributed by atoms with van der Waals surface area (Å²) < 4.78 is 26.8. The van der Waals surface area contributed by atoms with Crippen molar-refractivity contribution in [2.45, 2.75) is 77.9 Å². The maximum Gasteiger partial charge on any atom is 0.415 e. The van der Waals surface area contributed by atoms with Crippen LogP contribution in [0, 0.1) is 18.7 Å². The van der Waals surface area contributed by atoms with Crippen LogP contribution < -0.4 is 30.1 Å². The summed E-state index contributed by atoms with van der Waals surface area (Å²) in [6, 6.07) is 12.5. The lowest BCUT2D eigenvalue weighted by Gasteiger charge is -2.39. The van der Waals surface area contributed by atoms with E-state index < -0.39 is 17.6 Å². The number of rotatable bonds is 8. The average Bonchev–Trinajstić information content (AvgIpc) is 3.29. The molecule has 3 fully saturated rings. The highest BCUT2D eigenvalue weighted by molar-refractivity contribution is 6.01. The molecule has 4 amide bonds. The maximum absolute atomic E-state index is 15.3. The number of ether oxygens (including phenoxy) is 2. The lowest BCUT2D eigenvalue weighted by atomic mass is 9.90. The van der Waals surface area contributed by atoms with Gasteiger partial charge < -0.3 is 29.5 Å². The first-order valence-electron chi connectivity index (χ1n) is 22.8. The third kappa shape index (κ3) is 9.70. The molecule has 17 heteroatoms. The first-order chi connectivity index (χ1) is 31.3. The zero-order valence-corrected chi connectivity index (χ0v) is 37.6. The smallest absolute Gasteiger partial charge is 0.415 e. The SMILES string of the molecule is Cc1c(N2CCc3cnc(Nc4ccc(C(=O)N5CCC(CN6CCN(c7ccc(C8CCC(=O)NC8=O)cc7F)CC6)CC5)cc4)nc3C2)cnc2c1N(C(=O)OC(C)(C)C)CCO2. The molecule has 65 heavy (non-hydrogen) atoms. The first kappa shape index (κ1) is 43.9. The molecule has 0 spiro atoms. The van der Waals surface area contributed by atoms with E-state index in [9.17, 15) is 19.2 Å². The van der Waals surface area contributed by atoms with Gasteiger partial charge in [0.1, 0.15) is 23.7 Å². The predicted octanol–water partition coefficient (Wildman–Crippen LogP) is 5.95. The number of piperidine rings is 2. The minimum Gasteiger partial charge on any atom is -0.474 e. The van der Waals surface area contributed by atoms with Crippen LogP contribution in [0.25, 0.3) is 0 Å². The van der Waals surface area contributed by atoms with Crippen molar-refractivity contribution in [3.63, 3.8) is 0 Å². The van der Waals surface area contributed by atoms with Crippen molar-refractivity contribution in [1.82, 2.24) is 30.1 Å². The van der Waals surface area contributed by atoms with Crippen LogP contribution in [0.4, 0.5) is 37.9 Å². The summed E-state index contributed by atoms with van der Waals surface area (Å²) in [5.41, 5.74) is 6.30. The molecule has 5 aliphatic heterocycles. The van der Waals surface area contributed by atoms with Gasteiger partial charge in [0.15, 0.2) is 0 Å². The number of pyridine rings is 1. The summed E-state index contributed by atoms with van der Waals surface area (Å²) >= 11 is 0. The molecule has 9 rings (SSSR count). The molecule has 0 saturated carbocycles. The highest BCUT2D eigenvalue weighted by Crippen LogP contribution is 2.40. The van der Waals surface area contributed by atoms with Gasteiger partial charge in [0.05, 0.1) is 42.3 Å². The van der Waals surface area contributed by atoms with E-state index in [0.29, 0.717) is 92.5 Å². The summed E-state index contributed by atoms with van der Waals surface area (Å²) in [5, 5.41) is 5.67. The molecule has 0 aliphatic carbocycles. The Bertz CT molecular complexity index is 2460. The van der Waals surface area contributed by atoms with Crippen molar-refractivity contribution in [2.75, 3.05) is 85.5 Å². The van der Waals surface area contributed by atoms with Crippen LogP contribution in [0.1, 0.15) is 85.1 Å². The lowest BCUT2D eigenvalue weighted by molar-refractivity contribution is -0.134. The summed E-state index contributed by atoms with van der Waals surface area (Å²) in [4.78, 5) is 75.0. The van der Waals surface area contributed by atoms with E-state index in [4.69, 9.17) is 14.5 Å². The fourth-order valence-corrected chi connectivity index (χ4v) is 9.59. The minimum atomic E-state index is -0.635. The highest BCUT2D eigenvalue weighted by atomic mass is 19.1. The molecule has 5 aliphatic rings. The van der Waals surface area contributed by atoms with Gasteiger partial charge >= 0.3 is 6.09 Å². The van der Waals surface area contributed by atoms with Crippen LogP contribution in [0.15, 0.2) is 54.9 Å². The van der Waals surface area contributed by atoms with Crippen molar-refractivity contribution >= 4 is 52.5 Å². The standard InChI is InChI=1S/C48H57FN10O6/c1-30-40(27-50-44-42(30)59(23-24-64-44)47(63)65-48(2,3)4)58-18-15-34-26-51-46(53-38(34)29-58)52-35-8-5-32(6-9-35)45(62)57-16-13-31(14-17-57)28-55-19-21-56(22-20-55)39-11-7-33(25-37(39)49)36-10-12-41(60)54-43(36)61/h5-9,11,25-27,31,36H,10,12-24,28-29H2,1-4H3,(H,51,52,53)(H,54,60,61). The highest BCUT2D eigenvalue weighted by Gasteiger charge is 2.34. The molecule has 16 nitrogen and oxygen atoms in total. The van der Waals surface area contributed by atoms with Crippen molar-refractivity contribution in [3.05, 3.63) is 88.6 Å². The molecule has 342 valence electrons. The van der Waals surface area contributed by atoms with Crippen molar-refractivity contribution in [2.24, 2.45) is 5.92 Å². The van der Waals surface area contributed by atoms with E-state index in [1.807, 2.05) is 69.1 Å². The van der Waals surface area contributed by atoms with Crippen LogP contribution in [0.5, 0.6) is 5.88 Å². The van der Waals surface area contributed by atoms with Crippen LogP contribution in [-0.2, 0) is 27.3 Å². The Balaban J connectivity index is 0.746. The number of carbonyl (C=O) groups excluding carboxylic acids is 4. The predicted molar refractivity (Wildman–Crippen MR) is 243 cm³/mol.